The van der Waals surface area contributed by atoms with Crippen LogP contribution in [0, 0.1) is 0 Å². The molecule has 0 aliphatic heterocycles. The number of hydrogen-bond acceptors (Lipinski definition) is 7. The van der Waals surface area contributed by atoms with Gasteiger partial charge in [-0.25, -0.2) is 14.0 Å². The summed E-state index contributed by atoms with van der Waals surface area (Å²) in [7, 11) is 0. The van der Waals surface area contributed by atoms with Crippen LogP contribution in [0.2, 0.25) is 0 Å². The third kappa shape index (κ3) is 10.3. The van der Waals surface area contributed by atoms with Crippen molar-refractivity contribution in [3.63, 3.8) is 0 Å². The highest BCUT2D eigenvalue weighted by molar-refractivity contribution is 5.97. The number of benzene rings is 2. The molecule has 2 aromatic carbocycles. The summed E-state index contributed by atoms with van der Waals surface area (Å²) < 4.78 is 40.4. The van der Waals surface area contributed by atoms with Crippen LogP contribution in [-0.4, -0.2) is 43.2 Å². The van der Waals surface area contributed by atoms with Gasteiger partial charge in [-0.05, 0) is 58.2 Å². The van der Waals surface area contributed by atoms with Crippen molar-refractivity contribution in [3.8, 4) is 5.75 Å². The summed E-state index contributed by atoms with van der Waals surface area (Å²) in [5.74, 6) is -0.817. The Balaban J connectivity index is 2.48. The van der Waals surface area contributed by atoms with Gasteiger partial charge in [-0.2, -0.15) is 0 Å². The summed E-state index contributed by atoms with van der Waals surface area (Å²) in [5, 5.41) is 0. The van der Waals surface area contributed by atoms with E-state index in [1.807, 2.05) is 30.3 Å². The summed E-state index contributed by atoms with van der Waals surface area (Å²) in [6.07, 6.45) is -1.00. The molecule has 0 bridgehead atoms. The topological polar surface area (TPSA) is 80.3 Å². The Labute approximate surface area is 218 Å². The molecule has 2 rings (SSSR count). The lowest BCUT2D eigenvalue weighted by Crippen LogP contribution is -2.28. The molecule has 0 aliphatic carbocycles. The van der Waals surface area contributed by atoms with E-state index in [1.165, 1.54) is 0 Å². The van der Waals surface area contributed by atoms with Crippen molar-refractivity contribution < 1.29 is 37.7 Å². The summed E-state index contributed by atoms with van der Waals surface area (Å²) in [4.78, 5) is 26.0. The zero-order chi connectivity index (χ0) is 27.6. The molecule has 0 heterocycles. The van der Waals surface area contributed by atoms with Gasteiger partial charge in [0, 0.05) is 5.56 Å². The summed E-state index contributed by atoms with van der Waals surface area (Å²) in [6, 6.07) is 12.9. The molecule has 0 saturated carbocycles. The fraction of sp³-hybridized carbons (Fsp3) is 0.448. The van der Waals surface area contributed by atoms with Gasteiger partial charge in [0.15, 0.2) is 5.75 Å². The van der Waals surface area contributed by atoms with Crippen molar-refractivity contribution >= 4 is 17.7 Å². The van der Waals surface area contributed by atoms with Crippen LogP contribution in [0.3, 0.4) is 0 Å². The van der Waals surface area contributed by atoms with Crippen LogP contribution in [0.4, 0.5) is 9.18 Å². The fourth-order valence-corrected chi connectivity index (χ4v) is 3.22. The number of halogens is 1. The SMILES string of the molecule is C=C(COCc1ccccc1)c1ccc(COCCF)c(C(=O)OC(C)(C)C)c1OC(=O)OC(C)(C)C. The molecule has 0 aromatic heterocycles. The number of esters is 1. The summed E-state index contributed by atoms with van der Waals surface area (Å²) in [5.41, 5.74) is 0.494. The van der Waals surface area contributed by atoms with Crippen molar-refractivity contribution in [2.45, 2.75) is 66.0 Å². The maximum atomic E-state index is 13.3. The molecule has 2 aromatic rings. The van der Waals surface area contributed by atoms with E-state index in [0.29, 0.717) is 23.3 Å². The van der Waals surface area contributed by atoms with Gasteiger partial charge in [0.2, 0.25) is 0 Å². The molecule has 0 N–H and O–H groups in total. The van der Waals surface area contributed by atoms with Crippen molar-refractivity contribution in [1.29, 1.82) is 0 Å². The Hall–Kier alpha value is -3.23. The van der Waals surface area contributed by atoms with Crippen molar-refractivity contribution in [1.82, 2.24) is 0 Å². The normalized spacial score (nSPS) is 11.6. The van der Waals surface area contributed by atoms with E-state index in [4.69, 9.17) is 23.7 Å². The lowest BCUT2D eigenvalue weighted by atomic mass is 9.98. The molecule has 202 valence electrons. The third-order valence-electron chi connectivity index (χ3n) is 4.67. The number of carbonyl (C=O) groups excluding carboxylic acids is 2. The second kappa shape index (κ2) is 13.4. The maximum Gasteiger partial charge on any atom is 0.514 e. The van der Waals surface area contributed by atoms with E-state index >= 15 is 0 Å². The number of ether oxygens (including phenoxy) is 5. The predicted molar refractivity (Wildman–Crippen MR) is 139 cm³/mol. The van der Waals surface area contributed by atoms with E-state index in [-0.39, 0.29) is 31.1 Å². The summed E-state index contributed by atoms with van der Waals surface area (Å²) in [6.45, 7) is 13.8. The van der Waals surface area contributed by atoms with Crippen LogP contribution in [0.1, 0.15) is 68.6 Å². The smallest absolute Gasteiger partial charge is 0.456 e. The Morgan fingerprint density at radius 2 is 1.51 bits per heavy atom. The predicted octanol–water partition coefficient (Wildman–Crippen LogP) is 6.67. The quantitative estimate of drug-likeness (QED) is 0.187. The Kier molecular flexibility index (Phi) is 10.8. The minimum atomic E-state index is -1.00. The number of alkyl halides is 1. The van der Waals surface area contributed by atoms with Crippen molar-refractivity contribution in [2.75, 3.05) is 19.9 Å². The highest BCUT2D eigenvalue weighted by atomic mass is 19.1. The number of carbonyl (C=O) groups is 2. The van der Waals surface area contributed by atoms with Crippen molar-refractivity contribution in [2.24, 2.45) is 0 Å². The Morgan fingerprint density at radius 1 is 0.865 bits per heavy atom. The monoisotopic (exact) mass is 516 g/mol. The standard InChI is InChI=1S/C29H37FO7/c1-20(17-34-18-21-11-9-8-10-12-21)23-14-13-22(19-33-16-15-30)24(26(31)36-28(2,3)4)25(23)35-27(32)37-29(5,6)7/h8-14H,1,15-19H2,2-7H3. The Bertz CT molecular complexity index is 1070. The van der Waals surface area contributed by atoms with E-state index in [0.717, 1.165) is 5.56 Å². The van der Waals surface area contributed by atoms with Gasteiger partial charge in [-0.15, -0.1) is 0 Å². The third-order valence-corrected chi connectivity index (χ3v) is 4.67. The zero-order valence-corrected chi connectivity index (χ0v) is 22.5. The van der Waals surface area contributed by atoms with Gasteiger partial charge < -0.3 is 23.7 Å². The van der Waals surface area contributed by atoms with Crippen LogP contribution in [0.25, 0.3) is 5.57 Å². The van der Waals surface area contributed by atoms with Gasteiger partial charge in [0.1, 0.15) is 23.4 Å². The van der Waals surface area contributed by atoms with Crippen LogP contribution < -0.4 is 4.74 Å². The van der Waals surface area contributed by atoms with E-state index < -0.39 is 30.0 Å². The molecule has 0 fully saturated rings. The first-order chi connectivity index (χ1) is 17.3. The average molecular weight is 517 g/mol. The van der Waals surface area contributed by atoms with Gasteiger partial charge in [0.25, 0.3) is 0 Å². The van der Waals surface area contributed by atoms with Crippen LogP contribution in [0.15, 0.2) is 49.0 Å². The lowest BCUT2D eigenvalue weighted by molar-refractivity contribution is 0.00551. The molecule has 8 heteroatoms. The maximum absolute atomic E-state index is 13.3. The van der Waals surface area contributed by atoms with Crippen LogP contribution >= 0.6 is 0 Å². The molecule has 7 nitrogen and oxygen atoms in total. The summed E-state index contributed by atoms with van der Waals surface area (Å²) >= 11 is 0. The first-order valence-corrected chi connectivity index (χ1v) is 12.0. The van der Waals surface area contributed by atoms with Gasteiger partial charge in [-0.3, -0.25) is 0 Å². The molecule has 37 heavy (non-hydrogen) atoms. The second-order valence-electron chi connectivity index (χ2n) is 10.4. The first-order valence-electron chi connectivity index (χ1n) is 12.0. The van der Waals surface area contributed by atoms with Gasteiger partial charge >= 0.3 is 12.1 Å². The van der Waals surface area contributed by atoms with Gasteiger partial charge in [-0.1, -0.05) is 49.0 Å². The van der Waals surface area contributed by atoms with Gasteiger partial charge in [0.05, 0.1) is 26.4 Å². The zero-order valence-electron chi connectivity index (χ0n) is 22.5. The minimum absolute atomic E-state index is 0.0265. The number of hydrogen-bond donors (Lipinski definition) is 0. The highest BCUT2D eigenvalue weighted by Crippen LogP contribution is 2.35. The minimum Gasteiger partial charge on any atom is -0.456 e. The Morgan fingerprint density at radius 3 is 2.11 bits per heavy atom. The molecule has 0 spiro atoms. The molecule has 0 saturated heterocycles. The first kappa shape index (κ1) is 30.0. The van der Waals surface area contributed by atoms with Crippen LogP contribution in [-0.2, 0) is 32.2 Å². The molecule has 0 amide bonds. The molecule has 0 unspecified atom stereocenters. The molecular weight excluding hydrogens is 479 g/mol. The lowest BCUT2D eigenvalue weighted by Gasteiger charge is -2.24. The second-order valence-corrected chi connectivity index (χ2v) is 10.4. The molecule has 0 radical (unpaired) electrons. The average Bonchev–Trinajstić information content (AvgIpc) is 2.77. The number of rotatable bonds is 11. The highest BCUT2D eigenvalue weighted by Gasteiger charge is 2.30. The largest absolute Gasteiger partial charge is 0.514 e. The molecular formula is C29H37FO7. The molecule has 0 aliphatic rings. The van der Waals surface area contributed by atoms with E-state index in [2.05, 4.69) is 6.58 Å². The van der Waals surface area contributed by atoms with Crippen LogP contribution in [0.5, 0.6) is 5.75 Å². The fourth-order valence-electron chi connectivity index (χ4n) is 3.22. The van der Waals surface area contributed by atoms with E-state index in [9.17, 15) is 14.0 Å². The van der Waals surface area contributed by atoms with E-state index in [1.54, 1.807) is 53.7 Å². The molecule has 0 atom stereocenters. The van der Waals surface area contributed by atoms with Crippen molar-refractivity contribution in [3.05, 3.63) is 71.3 Å².